The highest BCUT2D eigenvalue weighted by Crippen LogP contribution is 2.36. The van der Waals surface area contributed by atoms with Crippen molar-refractivity contribution in [2.75, 3.05) is 7.11 Å². The molecule has 2 aliphatic rings. The fraction of sp³-hybridized carbons (Fsp3) is 0.375. The van der Waals surface area contributed by atoms with Crippen molar-refractivity contribution in [2.24, 2.45) is 5.92 Å². The Labute approximate surface area is 118 Å². The Hall–Kier alpha value is -1.94. The van der Waals surface area contributed by atoms with E-state index in [4.69, 9.17) is 4.74 Å². The SMILES string of the molecule is COC(=O)[C@H]1C[C@@H]2C(=O)C=C[C@H]1N2Cc1ccccc1. The lowest BCUT2D eigenvalue weighted by Gasteiger charge is -2.31. The molecule has 0 amide bonds. The topological polar surface area (TPSA) is 46.6 Å². The van der Waals surface area contributed by atoms with Crippen LogP contribution >= 0.6 is 0 Å². The van der Waals surface area contributed by atoms with E-state index in [1.165, 1.54) is 7.11 Å². The number of ether oxygens (including phenoxy) is 1. The van der Waals surface area contributed by atoms with Crippen molar-refractivity contribution in [3.05, 3.63) is 48.0 Å². The largest absolute Gasteiger partial charge is 0.469 e. The molecular weight excluding hydrogens is 254 g/mol. The summed E-state index contributed by atoms with van der Waals surface area (Å²) in [6, 6.07) is 9.77. The third-order valence-corrected chi connectivity index (χ3v) is 4.17. The summed E-state index contributed by atoms with van der Waals surface area (Å²) < 4.78 is 4.87. The highest BCUT2D eigenvalue weighted by Gasteiger charge is 2.48. The quantitative estimate of drug-likeness (QED) is 0.783. The second kappa shape index (κ2) is 5.21. The van der Waals surface area contributed by atoms with Gasteiger partial charge in [-0.3, -0.25) is 14.5 Å². The molecule has 0 N–H and O–H groups in total. The van der Waals surface area contributed by atoms with Crippen LogP contribution in [-0.2, 0) is 20.9 Å². The van der Waals surface area contributed by atoms with Crippen molar-refractivity contribution in [1.29, 1.82) is 0 Å². The van der Waals surface area contributed by atoms with Gasteiger partial charge in [0, 0.05) is 12.6 Å². The average Bonchev–Trinajstić information content (AvgIpc) is 2.73. The molecule has 1 fully saturated rings. The molecule has 2 bridgehead atoms. The standard InChI is InChI=1S/C16H17NO3/c1-20-16(19)12-9-14-15(18)8-7-13(12)17(14)10-11-5-3-2-4-6-11/h2-8,12-14H,9-10H2,1H3/t12-,13+,14+/m0/s1. The number of methoxy groups -OCH3 is 1. The van der Waals surface area contributed by atoms with Crippen LogP contribution in [0.5, 0.6) is 0 Å². The maximum Gasteiger partial charge on any atom is 0.310 e. The third-order valence-electron chi connectivity index (χ3n) is 4.17. The van der Waals surface area contributed by atoms with Crippen molar-refractivity contribution >= 4 is 11.8 Å². The van der Waals surface area contributed by atoms with E-state index in [2.05, 4.69) is 4.90 Å². The summed E-state index contributed by atoms with van der Waals surface area (Å²) in [6.07, 6.45) is 4.01. The van der Waals surface area contributed by atoms with Crippen molar-refractivity contribution in [3.63, 3.8) is 0 Å². The van der Waals surface area contributed by atoms with Crippen molar-refractivity contribution in [2.45, 2.75) is 25.0 Å². The van der Waals surface area contributed by atoms with E-state index in [1.54, 1.807) is 6.08 Å². The van der Waals surface area contributed by atoms with Gasteiger partial charge in [-0.2, -0.15) is 0 Å². The lowest BCUT2D eigenvalue weighted by molar-refractivity contribution is -0.145. The molecule has 3 rings (SSSR count). The minimum atomic E-state index is -0.239. The monoisotopic (exact) mass is 271 g/mol. The first-order chi connectivity index (χ1) is 9.70. The maximum atomic E-state index is 12.0. The van der Waals surface area contributed by atoms with Gasteiger partial charge in [-0.25, -0.2) is 0 Å². The zero-order valence-electron chi connectivity index (χ0n) is 11.4. The summed E-state index contributed by atoms with van der Waals surface area (Å²) in [5, 5.41) is 0. The Morgan fingerprint density at radius 1 is 1.35 bits per heavy atom. The number of hydrogen-bond donors (Lipinski definition) is 0. The summed E-state index contributed by atoms with van der Waals surface area (Å²) in [7, 11) is 1.40. The number of fused-ring (bicyclic) bond motifs is 2. The summed E-state index contributed by atoms with van der Waals surface area (Å²) >= 11 is 0. The van der Waals surface area contributed by atoms with Gasteiger partial charge in [0.15, 0.2) is 5.78 Å². The van der Waals surface area contributed by atoms with E-state index < -0.39 is 0 Å². The Kier molecular flexibility index (Phi) is 3.40. The molecular formula is C16H17NO3. The molecule has 0 aliphatic carbocycles. The molecule has 2 aliphatic heterocycles. The summed E-state index contributed by atoms with van der Waals surface area (Å²) in [5.74, 6) is -0.380. The number of esters is 1. The summed E-state index contributed by atoms with van der Waals surface area (Å²) in [4.78, 5) is 26.0. The lowest BCUT2D eigenvalue weighted by atomic mass is 10.0. The Morgan fingerprint density at radius 3 is 2.80 bits per heavy atom. The minimum Gasteiger partial charge on any atom is -0.469 e. The summed E-state index contributed by atoms with van der Waals surface area (Å²) in [6.45, 7) is 0.680. The van der Waals surface area contributed by atoms with E-state index in [0.717, 1.165) is 5.56 Å². The molecule has 1 aromatic carbocycles. The Balaban J connectivity index is 1.86. The molecule has 0 saturated carbocycles. The van der Waals surface area contributed by atoms with Crippen LogP contribution in [0.3, 0.4) is 0 Å². The van der Waals surface area contributed by atoms with E-state index in [0.29, 0.717) is 13.0 Å². The van der Waals surface area contributed by atoms with Crippen molar-refractivity contribution in [3.8, 4) is 0 Å². The van der Waals surface area contributed by atoms with Crippen LogP contribution in [0, 0.1) is 5.92 Å². The number of carbonyl (C=O) groups is 2. The number of nitrogens with zero attached hydrogens (tertiary/aromatic N) is 1. The molecule has 0 spiro atoms. The van der Waals surface area contributed by atoms with Crippen molar-refractivity contribution < 1.29 is 14.3 Å². The first-order valence-corrected chi connectivity index (χ1v) is 6.80. The smallest absolute Gasteiger partial charge is 0.310 e. The molecule has 0 unspecified atom stereocenters. The first-order valence-electron chi connectivity index (χ1n) is 6.80. The number of ketones is 1. The second-order valence-electron chi connectivity index (χ2n) is 5.29. The second-order valence-corrected chi connectivity index (χ2v) is 5.29. The molecule has 1 saturated heterocycles. The van der Waals surface area contributed by atoms with Gasteiger partial charge in [0.05, 0.1) is 19.1 Å². The molecule has 2 heterocycles. The van der Waals surface area contributed by atoms with Crippen LogP contribution in [0.25, 0.3) is 0 Å². The van der Waals surface area contributed by atoms with Crippen LogP contribution in [0.15, 0.2) is 42.5 Å². The minimum absolute atomic E-state index is 0.0367. The van der Waals surface area contributed by atoms with Crippen molar-refractivity contribution in [1.82, 2.24) is 4.90 Å². The van der Waals surface area contributed by atoms with Crippen LogP contribution in [-0.4, -0.2) is 35.8 Å². The molecule has 0 radical (unpaired) electrons. The van der Waals surface area contributed by atoms with Crippen LogP contribution in [0.2, 0.25) is 0 Å². The predicted octanol–water partition coefficient (Wildman–Crippen LogP) is 1.56. The number of rotatable bonds is 3. The van der Waals surface area contributed by atoms with Crippen LogP contribution in [0.1, 0.15) is 12.0 Å². The summed E-state index contributed by atoms with van der Waals surface area (Å²) in [5.41, 5.74) is 1.15. The van der Waals surface area contributed by atoms with Gasteiger partial charge >= 0.3 is 5.97 Å². The van der Waals surface area contributed by atoms with Gasteiger partial charge in [0.1, 0.15) is 0 Å². The van der Waals surface area contributed by atoms with Crippen LogP contribution in [0.4, 0.5) is 0 Å². The van der Waals surface area contributed by atoms with Gasteiger partial charge in [0.25, 0.3) is 0 Å². The van der Waals surface area contributed by atoms with E-state index in [-0.39, 0.29) is 29.8 Å². The molecule has 4 heteroatoms. The molecule has 4 nitrogen and oxygen atoms in total. The van der Waals surface area contributed by atoms with E-state index in [1.807, 2.05) is 36.4 Å². The Bertz CT molecular complexity index is 552. The molecule has 104 valence electrons. The lowest BCUT2D eigenvalue weighted by Crippen LogP contribution is -2.43. The van der Waals surface area contributed by atoms with Gasteiger partial charge in [-0.15, -0.1) is 0 Å². The van der Waals surface area contributed by atoms with Gasteiger partial charge < -0.3 is 4.74 Å². The van der Waals surface area contributed by atoms with Crippen LogP contribution < -0.4 is 0 Å². The highest BCUT2D eigenvalue weighted by molar-refractivity contribution is 5.97. The zero-order chi connectivity index (χ0) is 14.1. The maximum absolute atomic E-state index is 12.0. The number of hydrogen-bond acceptors (Lipinski definition) is 4. The zero-order valence-corrected chi connectivity index (χ0v) is 11.4. The van der Waals surface area contributed by atoms with Gasteiger partial charge in [0.2, 0.25) is 0 Å². The van der Waals surface area contributed by atoms with E-state index >= 15 is 0 Å². The van der Waals surface area contributed by atoms with E-state index in [9.17, 15) is 9.59 Å². The van der Waals surface area contributed by atoms with Gasteiger partial charge in [-0.05, 0) is 18.1 Å². The number of benzene rings is 1. The molecule has 1 aromatic rings. The molecule has 3 atom stereocenters. The predicted molar refractivity (Wildman–Crippen MR) is 73.8 cm³/mol. The average molecular weight is 271 g/mol. The fourth-order valence-corrected chi connectivity index (χ4v) is 3.18. The third kappa shape index (κ3) is 2.16. The van der Waals surface area contributed by atoms with Gasteiger partial charge in [-0.1, -0.05) is 36.4 Å². The fourth-order valence-electron chi connectivity index (χ4n) is 3.18. The molecule has 0 aromatic heterocycles. The molecule has 20 heavy (non-hydrogen) atoms. The highest BCUT2D eigenvalue weighted by atomic mass is 16.5. The number of carbonyl (C=O) groups excluding carboxylic acids is 2. The first kappa shape index (κ1) is 13.1. The normalized spacial score (nSPS) is 28.6. The Morgan fingerprint density at radius 2 is 2.10 bits per heavy atom.